The quantitative estimate of drug-likeness (QED) is 0.642. The van der Waals surface area contributed by atoms with Crippen molar-refractivity contribution >= 4 is 32.6 Å². The van der Waals surface area contributed by atoms with Crippen LogP contribution in [-0.4, -0.2) is 60.9 Å². The molecule has 1 unspecified atom stereocenters. The molecule has 2 heterocycles. The minimum atomic E-state index is -3.11. The Balaban J connectivity index is 1.72. The Labute approximate surface area is 171 Å². The number of ether oxygens (including phenoxy) is 1. The van der Waals surface area contributed by atoms with Gasteiger partial charge in [-0.05, 0) is 31.9 Å². The van der Waals surface area contributed by atoms with E-state index in [9.17, 15) is 18.0 Å². The van der Waals surface area contributed by atoms with Crippen LogP contribution in [0.25, 0.3) is 10.9 Å². The van der Waals surface area contributed by atoms with Crippen molar-refractivity contribution in [1.29, 1.82) is 0 Å². The van der Waals surface area contributed by atoms with Crippen LogP contribution in [0, 0.1) is 6.92 Å². The molecule has 0 saturated carbocycles. The van der Waals surface area contributed by atoms with Crippen molar-refractivity contribution in [3.05, 3.63) is 41.6 Å². The van der Waals surface area contributed by atoms with Crippen LogP contribution < -0.4 is 0 Å². The van der Waals surface area contributed by atoms with E-state index in [1.807, 2.05) is 25.1 Å². The maximum Gasteiger partial charge on any atom is 0.339 e. The molecule has 2 aromatic rings. The molecular formula is C21H26N2O5S. The highest BCUT2D eigenvalue weighted by atomic mass is 32.2. The van der Waals surface area contributed by atoms with Gasteiger partial charge in [-0.25, -0.2) is 13.2 Å². The molecule has 0 spiro atoms. The molecule has 8 heteroatoms. The van der Waals surface area contributed by atoms with Gasteiger partial charge >= 0.3 is 5.97 Å². The first-order valence-electron chi connectivity index (χ1n) is 9.84. The van der Waals surface area contributed by atoms with Crippen molar-refractivity contribution in [2.24, 2.45) is 0 Å². The summed E-state index contributed by atoms with van der Waals surface area (Å²) < 4.78 is 29.0. The minimum Gasteiger partial charge on any atom is -0.452 e. The van der Waals surface area contributed by atoms with E-state index >= 15 is 0 Å². The Morgan fingerprint density at radius 2 is 2.03 bits per heavy atom. The zero-order chi connectivity index (χ0) is 21.0. The lowest BCUT2D eigenvalue weighted by molar-refractivity contribution is -0.136. The fourth-order valence-electron chi connectivity index (χ4n) is 3.63. The first-order chi connectivity index (χ1) is 13.8. The van der Waals surface area contributed by atoms with Gasteiger partial charge < -0.3 is 9.64 Å². The lowest BCUT2D eigenvalue weighted by Crippen LogP contribution is -2.43. The van der Waals surface area contributed by atoms with Crippen molar-refractivity contribution in [1.82, 2.24) is 9.88 Å². The van der Waals surface area contributed by atoms with E-state index < -0.39 is 22.4 Å². The molecule has 29 heavy (non-hydrogen) atoms. The number of sulfone groups is 1. The number of aryl methyl sites for hydroxylation is 1. The number of aromatic nitrogens is 1. The second-order valence-electron chi connectivity index (χ2n) is 7.40. The van der Waals surface area contributed by atoms with Gasteiger partial charge in [-0.2, -0.15) is 0 Å². The number of unbranched alkanes of at least 4 members (excludes halogenated alkanes) is 1. The highest BCUT2D eigenvalue weighted by molar-refractivity contribution is 7.91. The molecule has 1 aliphatic heterocycles. The number of esters is 1. The van der Waals surface area contributed by atoms with Gasteiger partial charge in [-0.1, -0.05) is 31.5 Å². The topological polar surface area (TPSA) is 93.6 Å². The predicted molar refractivity (Wildman–Crippen MR) is 110 cm³/mol. The van der Waals surface area contributed by atoms with E-state index in [1.165, 1.54) is 0 Å². The standard InChI is InChI=1S/C21H26N2O5S/c1-3-4-10-23(16-9-11-29(26,27)14-16)20(24)13-28-21(25)18-12-15(2)22-19-8-6-5-7-17(18)19/h5-8,12,16H,3-4,9-11,13-14H2,1-2H3. The summed E-state index contributed by atoms with van der Waals surface area (Å²) in [4.78, 5) is 31.4. The molecule has 0 bridgehead atoms. The molecule has 0 aliphatic carbocycles. The van der Waals surface area contributed by atoms with Crippen molar-refractivity contribution < 1.29 is 22.7 Å². The van der Waals surface area contributed by atoms with E-state index in [4.69, 9.17) is 4.74 Å². The van der Waals surface area contributed by atoms with Gasteiger partial charge in [0.05, 0.1) is 22.6 Å². The number of pyridine rings is 1. The Morgan fingerprint density at radius 1 is 1.28 bits per heavy atom. The smallest absolute Gasteiger partial charge is 0.339 e. The van der Waals surface area contributed by atoms with Crippen LogP contribution in [0.2, 0.25) is 0 Å². The second-order valence-corrected chi connectivity index (χ2v) is 9.63. The molecular weight excluding hydrogens is 392 g/mol. The third kappa shape index (κ3) is 5.12. The molecule has 1 fully saturated rings. The Kier molecular flexibility index (Phi) is 6.52. The van der Waals surface area contributed by atoms with Crippen LogP contribution in [0.5, 0.6) is 0 Å². The molecule has 1 aliphatic rings. The van der Waals surface area contributed by atoms with Gasteiger partial charge in [0.1, 0.15) is 0 Å². The van der Waals surface area contributed by atoms with Crippen LogP contribution in [-0.2, 0) is 19.4 Å². The summed E-state index contributed by atoms with van der Waals surface area (Å²) in [5, 5.41) is 0.667. The van der Waals surface area contributed by atoms with Gasteiger partial charge in [0.15, 0.2) is 16.4 Å². The lowest BCUT2D eigenvalue weighted by Gasteiger charge is -2.28. The van der Waals surface area contributed by atoms with Crippen molar-refractivity contribution in [2.45, 2.75) is 39.2 Å². The summed E-state index contributed by atoms with van der Waals surface area (Å²) in [5.41, 5.74) is 1.73. The Bertz CT molecular complexity index is 1020. The molecule has 1 amide bonds. The van der Waals surface area contributed by atoms with Gasteiger partial charge in [0, 0.05) is 23.7 Å². The number of carbonyl (C=O) groups excluding carboxylic acids is 2. The summed E-state index contributed by atoms with van der Waals surface area (Å²) in [5.74, 6) is -0.876. The third-order valence-corrected chi connectivity index (χ3v) is 6.86. The molecule has 7 nitrogen and oxygen atoms in total. The number of benzene rings is 1. The number of amides is 1. The monoisotopic (exact) mass is 418 g/mol. The van der Waals surface area contributed by atoms with Crippen LogP contribution in [0.1, 0.15) is 42.2 Å². The number of nitrogens with zero attached hydrogens (tertiary/aromatic N) is 2. The zero-order valence-electron chi connectivity index (χ0n) is 16.8. The fourth-order valence-corrected chi connectivity index (χ4v) is 5.36. The Morgan fingerprint density at radius 3 is 2.72 bits per heavy atom. The third-order valence-electron chi connectivity index (χ3n) is 5.11. The van der Waals surface area contributed by atoms with E-state index in [2.05, 4.69) is 4.98 Å². The number of hydrogen-bond donors (Lipinski definition) is 0. The molecule has 1 aromatic carbocycles. The predicted octanol–water partition coefficient (Wildman–Crippen LogP) is 2.52. The van der Waals surface area contributed by atoms with Crippen molar-refractivity contribution in [3.8, 4) is 0 Å². The van der Waals surface area contributed by atoms with Crippen LogP contribution in [0.15, 0.2) is 30.3 Å². The summed E-state index contributed by atoms with van der Waals surface area (Å²) in [6.45, 7) is 3.85. The average Bonchev–Trinajstić information content (AvgIpc) is 3.05. The fraction of sp³-hybridized carbons (Fsp3) is 0.476. The minimum absolute atomic E-state index is 0.0232. The molecule has 0 radical (unpaired) electrons. The number of rotatable bonds is 7. The van der Waals surface area contributed by atoms with Crippen LogP contribution in [0.4, 0.5) is 0 Å². The number of fused-ring (bicyclic) bond motifs is 1. The molecule has 1 atom stereocenters. The van der Waals surface area contributed by atoms with Gasteiger partial charge in [0.2, 0.25) is 0 Å². The molecule has 1 saturated heterocycles. The molecule has 1 aromatic heterocycles. The maximum atomic E-state index is 12.8. The van der Waals surface area contributed by atoms with Crippen molar-refractivity contribution in [3.63, 3.8) is 0 Å². The van der Waals surface area contributed by atoms with Crippen LogP contribution in [0.3, 0.4) is 0 Å². The summed E-state index contributed by atoms with van der Waals surface area (Å²) in [6, 6.07) is 8.56. The Hall–Kier alpha value is -2.48. The van der Waals surface area contributed by atoms with Gasteiger partial charge in [0.25, 0.3) is 5.91 Å². The van der Waals surface area contributed by atoms with E-state index in [-0.39, 0.29) is 23.5 Å². The second kappa shape index (κ2) is 8.90. The molecule has 3 rings (SSSR count). The summed E-state index contributed by atoms with van der Waals surface area (Å²) in [7, 11) is -3.11. The zero-order valence-corrected chi connectivity index (χ0v) is 17.6. The first-order valence-corrected chi connectivity index (χ1v) is 11.7. The van der Waals surface area contributed by atoms with Crippen LogP contribution >= 0.6 is 0 Å². The molecule has 0 N–H and O–H groups in total. The highest BCUT2D eigenvalue weighted by Gasteiger charge is 2.34. The summed E-state index contributed by atoms with van der Waals surface area (Å²) in [6.07, 6.45) is 2.08. The van der Waals surface area contributed by atoms with Gasteiger partial charge in [-0.15, -0.1) is 0 Å². The highest BCUT2D eigenvalue weighted by Crippen LogP contribution is 2.21. The SMILES string of the molecule is CCCCN(C(=O)COC(=O)c1cc(C)nc2ccccc12)C1CCS(=O)(=O)C1. The normalized spacial score (nSPS) is 17.9. The first kappa shape index (κ1) is 21.2. The number of carbonyl (C=O) groups is 2. The van der Waals surface area contributed by atoms with E-state index in [0.717, 1.165) is 12.8 Å². The maximum absolute atomic E-state index is 12.8. The lowest BCUT2D eigenvalue weighted by atomic mass is 10.1. The number of para-hydroxylation sites is 1. The number of hydrogen-bond acceptors (Lipinski definition) is 6. The summed E-state index contributed by atoms with van der Waals surface area (Å²) >= 11 is 0. The average molecular weight is 419 g/mol. The van der Waals surface area contributed by atoms with E-state index in [0.29, 0.717) is 35.1 Å². The molecule has 156 valence electrons. The van der Waals surface area contributed by atoms with Gasteiger partial charge in [-0.3, -0.25) is 9.78 Å². The van der Waals surface area contributed by atoms with E-state index in [1.54, 1.807) is 24.0 Å². The largest absolute Gasteiger partial charge is 0.452 e. The van der Waals surface area contributed by atoms with Crippen molar-refractivity contribution in [2.75, 3.05) is 24.7 Å².